The van der Waals surface area contributed by atoms with Crippen LogP contribution in [0.25, 0.3) is 0 Å². The molecule has 0 aliphatic carbocycles. The van der Waals surface area contributed by atoms with Gasteiger partial charge in [0, 0.05) is 25.1 Å². The van der Waals surface area contributed by atoms with Gasteiger partial charge in [0.05, 0.1) is 17.4 Å². The van der Waals surface area contributed by atoms with Gasteiger partial charge in [-0.05, 0) is 30.2 Å². The van der Waals surface area contributed by atoms with Gasteiger partial charge in [-0.2, -0.15) is 0 Å². The lowest BCUT2D eigenvalue weighted by atomic mass is 10.2. The molecule has 0 aliphatic rings. The van der Waals surface area contributed by atoms with Gasteiger partial charge in [-0.1, -0.05) is 0 Å². The highest BCUT2D eigenvalue weighted by Gasteiger charge is 2.08. The van der Waals surface area contributed by atoms with Crippen LogP contribution >= 0.6 is 0 Å². The molecule has 0 aromatic carbocycles. The van der Waals surface area contributed by atoms with E-state index in [9.17, 15) is 4.79 Å². The first-order valence-corrected chi connectivity index (χ1v) is 5.64. The fourth-order valence-electron chi connectivity index (χ4n) is 1.58. The maximum absolute atomic E-state index is 11.8. The predicted molar refractivity (Wildman–Crippen MR) is 68.9 cm³/mol. The molecular formula is C13H14N4O. The van der Waals surface area contributed by atoms with E-state index in [4.69, 9.17) is 5.73 Å². The number of hydrogen-bond acceptors (Lipinski definition) is 4. The molecule has 2 heterocycles. The second kappa shape index (κ2) is 5.77. The van der Waals surface area contributed by atoms with Gasteiger partial charge in [0.25, 0.3) is 5.91 Å². The zero-order chi connectivity index (χ0) is 12.8. The Balaban J connectivity index is 1.88. The molecule has 0 unspecified atom stereocenters. The van der Waals surface area contributed by atoms with Gasteiger partial charge in [-0.3, -0.25) is 14.8 Å². The smallest absolute Gasteiger partial charge is 0.253 e. The molecule has 5 nitrogen and oxygen atoms in total. The van der Waals surface area contributed by atoms with Crippen molar-refractivity contribution in [3.05, 3.63) is 54.1 Å². The summed E-state index contributed by atoms with van der Waals surface area (Å²) in [5, 5.41) is 2.82. The Morgan fingerprint density at radius 3 is 2.61 bits per heavy atom. The number of nitrogens with zero attached hydrogens (tertiary/aromatic N) is 2. The standard InChI is InChI=1S/C13H14N4O/c14-12-9-16-7-4-11(12)13(18)17-8-3-10-1-5-15-6-2-10/h1-2,4-7,9H,3,8,14H2,(H,17,18). The van der Waals surface area contributed by atoms with Crippen molar-refractivity contribution >= 4 is 11.6 Å². The van der Waals surface area contributed by atoms with Crippen LogP contribution in [-0.2, 0) is 6.42 Å². The Bertz CT molecular complexity index is 528. The van der Waals surface area contributed by atoms with E-state index in [1.54, 1.807) is 24.7 Å². The number of nitrogens with two attached hydrogens (primary N) is 1. The molecular weight excluding hydrogens is 228 g/mol. The fraction of sp³-hybridized carbons (Fsp3) is 0.154. The number of pyridine rings is 2. The number of carbonyl (C=O) groups excluding carboxylic acids is 1. The van der Waals surface area contributed by atoms with Crippen molar-refractivity contribution in [3.8, 4) is 0 Å². The summed E-state index contributed by atoms with van der Waals surface area (Å²) in [4.78, 5) is 19.6. The number of rotatable bonds is 4. The minimum absolute atomic E-state index is 0.177. The van der Waals surface area contributed by atoms with Crippen LogP contribution in [0.5, 0.6) is 0 Å². The highest BCUT2D eigenvalue weighted by atomic mass is 16.1. The largest absolute Gasteiger partial charge is 0.397 e. The predicted octanol–water partition coefficient (Wildman–Crippen LogP) is 1.03. The molecule has 2 aromatic heterocycles. The molecule has 2 rings (SSSR count). The van der Waals surface area contributed by atoms with Crippen LogP contribution < -0.4 is 11.1 Å². The summed E-state index contributed by atoms with van der Waals surface area (Å²) in [5.41, 5.74) is 7.65. The molecule has 0 radical (unpaired) electrons. The highest BCUT2D eigenvalue weighted by molar-refractivity contribution is 5.98. The van der Waals surface area contributed by atoms with E-state index >= 15 is 0 Å². The van der Waals surface area contributed by atoms with Crippen LogP contribution in [0.15, 0.2) is 43.0 Å². The number of amides is 1. The Labute approximate surface area is 105 Å². The van der Waals surface area contributed by atoms with Crippen LogP contribution in [0, 0.1) is 0 Å². The summed E-state index contributed by atoms with van der Waals surface area (Å²) < 4.78 is 0. The average molecular weight is 242 g/mol. The van der Waals surface area contributed by atoms with Crippen molar-refractivity contribution in [1.82, 2.24) is 15.3 Å². The van der Waals surface area contributed by atoms with E-state index in [1.165, 1.54) is 6.20 Å². The second-order valence-electron chi connectivity index (χ2n) is 3.82. The van der Waals surface area contributed by atoms with Crippen molar-refractivity contribution in [2.75, 3.05) is 12.3 Å². The van der Waals surface area contributed by atoms with Crippen molar-refractivity contribution in [2.45, 2.75) is 6.42 Å². The summed E-state index contributed by atoms with van der Waals surface area (Å²) in [6.45, 7) is 0.560. The molecule has 5 heteroatoms. The average Bonchev–Trinajstić information content (AvgIpc) is 2.40. The van der Waals surface area contributed by atoms with E-state index in [0.29, 0.717) is 17.8 Å². The van der Waals surface area contributed by atoms with Gasteiger partial charge in [0.2, 0.25) is 0 Å². The van der Waals surface area contributed by atoms with Crippen molar-refractivity contribution in [1.29, 1.82) is 0 Å². The molecule has 2 aromatic rings. The molecule has 0 aliphatic heterocycles. The molecule has 0 saturated carbocycles. The molecule has 0 fully saturated rings. The summed E-state index contributed by atoms with van der Waals surface area (Å²) in [6.07, 6.45) is 7.25. The number of carbonyl (C=O) groups is 1. The van der Waals surface area contributed by atoms with E-state index in [-0.39, 0.29) is 5.91 Å². The number of nitrogen functional groups attached to an aromatic ring is 1. The summed E-state index contributed by atoms with van der Waals surface area (Å²) in [5.74, 6) is -0.177. The number of aromatic nitrogens is 2. The Morgan fingerprint density at radius 2 is 1.89 bits per heavy atom. The summed E-state index contributed by atoms with van der Waals surface area (Å²) in [7, 11) is 0. The zero-order valence-electron chi connectivity index (χ0n) is 9.84. The molecule has 1 amide bonds. The third-order valence-electron chi connectivity index (χ3n) is 2.55. The van der Waals surface area contributed by atoms with Crippen LogP contribution in [-0.4, -0.2) is 22.4 Å². The van der Waals surface area contributed by atoms with Gasteiger partial charge in [0.15, 0.2) is 0 Å². The SMILES string of the molecule is Nc1cnccc1C(=O)NCCc1ccncc1. The van der Waals surface area contributed by atoms with E-state index in [0.717, 1.165) is 12.0 Å². The Kier molecular flexibility index (Phi) is 3.86. The monoisotopic (exact) mass is 242 g/mol. The van der Waals surface area contributed by atoms with E-state index in [1.807, 2.05) is 12.1 Å². The third-order valence-corrected chi connectivity index (χ3v) is 2.55. The first-order chi connectivity index (χ1) is 8.77. The van der Waals surface area contributed by atoms with Crippen molar-refractivity contribution in [2.24, 2.45) is 0 Å². The summed E-state index contributed by atoms with van der Waals surface area (Å²) in [6, 6.07) is 5.46. The Morgan fingerprint density at radius 1 is 1.17 bits per heavy atom. The lowest BCUT2D eigenvalue weighted by molar-refractivity contribution is 0.0955. The first kappa shape index (κ1) is 12.0. The molecule has 0 saturated heterocycles. The molecule has 0 spiro atoms. The zero-order valence-corrected chi connectivity index (χ0v) is 9.84. The maximum atomic E-state index is 11.8. The minimum Gasteiger partial charge on any atom is -0.397 e. The molecule has 3 N–H and O–H groups in total. The maximum Gasteiger partial charge on any atom is 0.253 e. The van der Waals surface area contributed by atoms with Gasteiger partial charge in [-0.25, -0.2) is 0 Å². The highest BCUT2D eigenvalue weighted by Crippen LogP contribution is 2.07. The van der Waals surface area contributed by atoms with Crippen molar-refractivity contribution < 1.29 is 4.79 Å². The minimum atomic E-state index is -0.177. The van der Waals surface area contributed by atoms with Gasteiger partial charge in [0.1, 0.15) is 0 Å². The second-order valence-corrected chi connectivity index (χ2v) is 3.82. The van der Waals surface area contributed by atoms with Crippen molar-refractivity contribution in [3.63, 3.8) is 0 Å². The van der Waals surface area contributed by atoms with Gasteiger partial charge >= 0.3 is 0 Å². The lowest BCUT2D eigenvalue weighted by Crippen LogP contribution is -2.26. The summed E-state index contributed by atoms with van der Waals surface area (Å²) >= 11 is 0. The Hall–Kier alpha value is -2.43. The van der Waals surface area contributed by atoms with Crippen LogP contribution in [0.1, 0.15) is 15.9 Å². The van der Waals surface area contributed by atoms with Gasteiger partial charge in [-0.15, -0.1) is 0 Å². The lowest BCUT2D eigenvalue weighted by Gasteiger charge is -2.06. The van der Waals surface area contributed by atoms with Crippen LogP contribution in [0.2, 0.25) is 0 Å². The molecule has 92 valence electrons. The third kappa shape index (κ3) is 3.04. The first-order valence-electron chi connectivity index (χ1n) is 5.64. The number of nitrogens with one attached hydrogen (secondary N) is 1. The van der Waals surface area contributed by atoms with Crippen LogP contribution in [0.3, 0.4) is 0 Å². The normalized spacial score (nSPS) is 10.0. The number of anilines is 1. The van der Waals surface area contributed by atoms with Gasteiger partial charge < -0.3 is 11.1 Å². The topological polar surface area (TPSA) is 80.9 Å². The number of hydrogen-bond donors (Lipinski definition) is 2. The molecule has 0 bridgehead atoms. The molecule has 18 heavy (non-hydrogen) atoms. The fourth-order valence-corrected chi connectivity index (χ4v) is 1.58. The molecule has 0 atom stereocenters. The quantitative estimate of drug-likeness (QED) is 0.839. The van der Waals surface area contributed by atoms with E-state index in [2.05, 4.69) is 15.3 Å². The van der Waals surface area contributed by atoms with E-state index < -0.39 is 0 Å². The van der Waals surface area contributed by atoms with Crippen LogP contribution in [0.4, 0.5) is 5.69 Å².